The van der Waals surface area contributed by atoms with Crippen LogP contribution in [0.4, 0.5) is 11.4 Å². The van der Waals surface area contributed by atoms with Crippen molar-refractivity contribution in [1.29, 1.82) is 0 Å². The van der Waals surface area contributed by atoms with Crippen molar-refractivity contribution < 1.29 is 10.0 Å². The number of hydrogen-bond donors (Lipinski definition) is 2. The van der Waals surface area contributed by atoms with E-state index in [9.17, 15) is 15.2 Å². The quantitative estimate of drug-likeness (QED) is 0.641. The summed E-state index contributed by atoms with van der Waals surface area (Å²) in [4.78, 5) is 10.5. The number of aliphatic hydroxyl groups is 1. The Morgan fingerprint density at radius 3 is 2.90 bits per heavy atom. The summed E-state index contributed by atoms with van der Waals surface area (Å²) in [6.45, 7) is 1.97. The van der Waals surface area contributed by atoms with E-state index in [-0.39, 0.29) is 12.2 Å². The number of hydrogen-bond acceptors (Lipinski definition) is 5. The van der Waals surface area contributed by atoms with Crippen molar-refractivity contribution >= 4 is 11.4 Å². The van der Waals surface area contributed by atoms with E-state index in [1.807, 2.05) is 0 Å². The van der Waals surface area contributed by atoms with E-state index in [1.165, 1.54) is 6.07 Å². The van der Waals surface area contributed by atoms with Gasteiger partial charge in [-0.25, -0.2) is 0 Å². The van der Waals surface area contributed by atoms with Crippen molar-refractivity contribution in [3.05, 3.63) is 51.8 Å². The van der Waals surface area contributed by atoms with E-state index in [2.05, 4.69) is 10.4 Å². The third-order valence-electron chi connectivity index (χ3n) is 2.95. The molecule has 1 heterocycles. The Bertz CT molecular complexity index is 624. The van der Waals surface area contributed by atoms with Crippen LogP contribution in [-0.4, -0.2) is 26.4 Å². The molecule has 0 saturated carbocycles. The van der Waals surface area contributed by atoms with E-state index in [1.54, 1.807) is 43.2 Å². The molecule has 0 amide bonds. The molecule has 0 fully saturated rings. The van der Waals surface area contributed by atoms with Crippen molar-refractivity contribution in [2.45, 2.75) is 13.0 Å². The second kappa shape index (κ2) is 5.70. The number of nitrogens with one attached hydrogen (secondary N) is 1. The molecule has 1 unspecified atom stereocenters. The van der Waals surface area contributed by atoms with Gasteiger partial charge >= 0.3 is 0 Å². The summed E-state index contributed by atoms with van der Waals surface area (Å²) in [7, 11) is 1.76. The third kappa shape index (κ3) is 3.12. The Balaban J connectivity index is 2.09. The van der Waals surface area contributed by atoms with Crippen molar-refractivity contribution in [3.8, 4) is 0 Å². The van der Waals surface area contributed by atoms with Gasteiger partial charge in [-0.2, -0.15) is 5.10 Å². The minimum absolute atomic E-state index is 0.00314. The molecule has 0 aliphatic heterocycles. The molecule has 2 rings (SSSR count). The summed E-state index contributed by atoms with van der Waals surface area (Å²) < 4.78 is 1.59. The Hall–Kier alpha value is -2.41. The highest BCUT2D eigenvalue weighted by Crippen LogP contribution is 2.26. The zero-order valence-corrected chi connectivity index (χ0v) is 11.3. The number of nitro groups is 1. The second-order valence-corrected chi connectivity index (χ2v) is 4.62. The summed E-state index contributed by atoms with van der Waals surface area (Å²) >= 11 is 0. The highest BCUT2D eigenvalue weighted by Gasteiger charge is 2.15. The van der Waals surface area contributed by atoms with Crippen molar-refractivity contribution in [3.63, 3.8) is 0 Å². The van der Waals surface area contributed by atoms with E-state index in [0.29, 0.717) is 11.3 Å². The number of rotatable bonds is 5. The monoisotopic (exact) mass is 276 g/mol. The molecule has 1 aromatic carbocycles. The van der Waals surface area contributed by atoms with Gasteiger partial charge in [0.25, 0.3) is 5.69 Å². The van der Waals surface area contributed by atoms with E-state index in [0.717, 1.165) is 5.56 Å². The number of aliphatic hydroxyl groups excluding tert-OH is 1. The molecule has 20 heavy (non-hydrogen) atoms. The van der Waals surface area contributed by atoms with Crippen LogP contribution in [0.5, 0.6) is 0 Å². The lowest BCUT2D eigenvalue weighted by Gasteiger charge is -2.11. The molecule has 0 aliphatic rings. The van der Waals surface area contributed by atoms with Gasteiger partial charge in [-0.05, 0) is 18.6 Å². The predicted molar refractivity (Wildman–Crippen MR) is 74.5 cm³/mol. The van der Waals surface area contributed by atoms with Crippen LogP contribution < -0.4 is 5.32 Å². The van der Waals surface area contributed by atoms with Crippen LogP contribution in [0.1, 0.15) is 17.2 Å². The number of nitro benzene ring substituents is 1. The van der Waals surface area contributed by atoms with Crippen LogP contribution in [0.3, 0.4) is 0 Å². The first-order valence-corrected chi connectivity index (χ1v) is 6.13. The van der Waals surface area contributed by atoms with Gasteiger partial charge in [0.15, 0.2) is 0 Å². The van der Waals surface area contributed by atoms with Gasteiger partial charge in [-0.15, -0.1) is 0 Å². The van der Waals surface area contributed by atoms with Crippen LogP contribution in [0.25, 0.3) is 0 Å². The van der Waals surface area contributed by atoms with Gasteiger partial charge in [0.1, 0.15) is 5.69 Å². The SMILES string of the molecule is Cc1ccc(NCC(O)c2cnn(C)c2)c([N+](=O)[O-])c1. The van der Waals surface area contributed by atoms with Gasteiger partial charge in [-0.1, -0.05) is 6.07 Å². The van der Waals surface area contributed by atoms with Crippen molar-refractivity contribution in [2.24, 2.45) is 7.05 Å². The van der Waals surface area contributed by atoms with Gasteiger partial charge in [0.05, 0.1) is 17.2 Å². The van der Waals surface area contributed by atoms with Gasteiger partial charge in [-0.3, -0.25) is 14.8 Å². The lowest BCUT2D eigenvalue weighted by molar-refractivity contribution is -0.384. The van der Waals surface area contributed by atoms with Crippen LogP contribution in [0.2, 0.25) is 0 Å². The maximum Gasteiger partial charge on any atom is 0.292 e. The molecule has 2 N–H and O–H groups in total. The molecular weight excluding hydrogens is 260 g/mol. The van der Waals surface area contributed by atoms with Gasteiger partial charge in [0, 0.05) is 31.4 Å². The summed E-state index contributed by atoms with van der Waals surface area (Å²) in [5.74, 6) is 0. The van der Waals surface area contributed by atoms with Gasteiger partial charge in [0.2, 0.25) is 0 Å². The summed E-state index contributed by atoms with van der Waals surface area (Å²) in [5.41, 5.74) is 1.87. The topological polar surface area (TPSA) is 93.2 Å². The van der Waals surface area contributed by atoms with Crippen molar-refractivity contribution in [2.75, 3.05) is 11.9 Å². The fourth-order valence-electron chi connectivity index (χ4n) is 1.88. The molecule has 7 heteroatoms. The zero-order chi connectivity index (χ0) is 14.7. The Morgan fingerprint density at radius 1 is 1.55 bits per heavy atom. The standard InChI is InChI=1S/C13H16N4O3/c1-9-3-4-11(12(5-9)17(19)20)14-7-13(18)10-6-15-16(2)8-10/h3-6,8,13-14,18H,7H2,1-2H3. The van der Waals surface area contributed by atoms with Crippen LogP contribution >= 0.6 is 0 Å². The third-order valence-corrected chi connectivity index (χ3v) is 2.95. The molecule has 1 aromatic heterocycles. The lowest BCUT2D eigenvalue weighted by atomic mass is 10.1. The lowest BCUT2D eigenvalue weighted by Crippen LogP contribution is -2.12. The highest BCUT2D eigenvalue weighted by molar-refractivity contribution is 5.62. The number of aryl methyl sites for hydroxylation is 2. The normalized spacial score (nSPS) is 12.2. The molecule has 1 atom stereocenters. The Labute approximate surface area is 116 Å². The molecule has 2 aromatic rings. The fourth-order valence-corrected chi connectivity index (χ4v) is 1.88. The Kier molecular flexibility index (Phi) is 3.99. The maximum absolute atomic E-state index is 11.0. The first-order valence-electron chi connectivity index (χ1n) is 6.13. The summed E-state index contributed by atoms with van der Waals surface area (Å²) in [6.07, 6.45) is 2.50. The predicted octanol–water partition coefficient (Wildman–Crippen LogP) is 1.78. The van der Waals surface area contributed by atoms with Gasteiger partial charge < -0.3 is 10.4 Å². The second-order valence-electron chi connectivity index (χ2n) is 4.62. The minimum Gasteiger partial charge on any atom is -0.386 e. The van der Waals surface area contributed by atoms with E-state index < -0.39 is 11.0 Å². The molecule has 0 spiro atoms. The number of benzene rings is 1. The van der Waals surface area contributed by atoms with Crippen LogP contribution in [0.15, 0.2) is 30.6 Å². The highest BCUT2D eigenvalue weighted by atomic mass is 16.6. The molecule has 106 valence electrons. The van der Waals surface area contributed by atoms with Crippen LogP contribution in [-0.2, 0) is 7.05 Å². The largest absolute Gasteiger partial charge is 0.386 e. The number of nitrogens with zero attached hydrogens (tertiary/aromatic N) is 3. The van der Waals surface area contributed by atoms with Crippen molar-refractivity contribution in [1.82, 2.24) is 9.78 Å². The fraction of sp³-hybridized carbons (Fsp3) is 0.308. The summed E-state index contributed by atoms with van der Waals surface area (Å²) in [5, 5.41) is 27.8. The van der Waals surface area contributed by atoms with Crippen LogP contribution in [0, 0.1) is 17.0 Å². The number of anilines is 1. The maximum atomic E-state index is 11.0. The van der Waals surface area contributed by atoms with E-state index in [4.69, 9.17) is 0 Å². The molecule has 7 nitrogen and oxygen atoms in total. The molecule has 0 aliphatic carbocycles. The molecular formula is C13H16N4O3. The number of aromatic nitrogens is 2. The zero-order valence-electron chi connectivity index (χ0n) is 11.3. The van der Waals surface area contributed by atoms with E-state index >= 15 is 0 Å². The first-order chi connectivity index (χ1) is 9.47. The smallest absolute Gasteiger partial charge is 0.292 e. The summed E-state index contributed by atoms with van der Waals surface area (Å²) in [6, 6.07) is 4.92. The first kappa shape index (κ1) is 14.0. The molecule has 0 radical (unpaired) electrons. The average Bonchev–Trinajstić information content (AvgIpc) is 2.83. The molecule has 0 bridgehead atoms. The minimum atomic E-state index is -0.774. The average molecular weight is 276 g/mol. The Morgan fingerprint density at radius 2 is 2.30 bits per heavy atom. The molecule has 0 saturated heterocycles.